The Balaban J connectivity index is 2.31. The van der Waals surface area contributed by atoms with Gasteiger partial charge in [-0.05, 0) is 55.7 Å². The van der Waals surface area contributed by atoms with Crippen LogP contribution in [0.25, 0.3) is 0 Å². The summed E-state index contributed by atoms with van der Waals surface area (Å²) < 4.78 is 27.5. The minimum absolute atomic E-state index is 0.0256. The van der Waals surface area contributed by atoms with Crippen molar-refractivity contribution in [2.24, 2.45) is 5.41 Å². The van der Waals surface area contributed by atoms with Crippen LogP contribution in [0.1, 0.15) is 47.7 Å². The number of aromatic carboxylic acids is 1. The summed E-state index contributed by atoms with van der Waals surface area (Å²) in [6, 6.07) is 2.85. The maximum Gasteiger partial charge on any atom is 0.335 e. The normalized spacial score (nSPS) is 16.7. The lowest BCUT2D eigenvalue weighted by molar-refractivity contribution is 0.0696. The first-order chi connectivity index (χ1) is 9.71. The monoisotopic (exact) mass is 311 g/mol. The van der Waals surface area contributed by atoms with Crippen LogP contribution in [-0.4, -0.2) is 26.0 Å². The second kappa shape index (κ2) is 5.42. The Labute approximate surface area is 125 Å². The van der Waals surface area contributed by atoms with E-state index in [9.17, 15) is 13.2 Å². The summed E-state index contributed by atoms with van der Waals surface area (Å²) in [5.41, 5.74) is 1.25. The molecule has 1 aromatic carbocycles. The minimum atomic E-state index is -3.68. The number of aryl methyl sites for hydroxylation is 2. The molecule has 2 N–H and O–H groups in total. The van der Waals surface area contributed by atoms with Gasteiger partial charge in [0.05, 0.1) is 10.5 Å². The fourth-order valence-electron chi connectivity index (χ4n) is 2.51. The van der Waals surface area contributed by atoms with Crippen LogP contribution in [0, 0.1) is 19.3 Å². The highest BCUT2D eigenvalue weighted by molar-refractivity contribution is 7.89. The van der Waals surface area contributed by atoms with Crippen molar-refractivity contribution in [3.05, 3.63) is 28.8 Å². The molecule has 1 aliphatic carbocycles. The van der Waals surface area contributed by atoms with E-state index in [1.165, 1.54) is 6.07 Å². The summed E-state index contributed by atoms with van der Waals surface area (Å²) in [7, 11) is -3.68. The molecular weight excluding hydrogens is 290 g/mol. The Bertz CT molecular complexity index is 675. The van der Waals surface area contributed by atoms with Gasteiger partial charge in [0, 0.05) is 6.54 Å². The molecule has 0 atom stereocenters. The molecule has 0 spiro atoms. The highest BCUT2D eigenvalue weighted by atomic mass is 32.2. The predicted octanol–water partition coefficient (Wildman–Crippen LogP) is 2.47. The number of carboxylic acids is 1. The van der Waals surface area contributed by atoms with Gasteiger partial charge in [0.15, 0.2) is 0 Å². The van der Waals surface area contributed by atoms with Crippen molar-refractivity contribution in [1.82, 2.24) is 4.72 Å². The second-order valence-electron chi connectivity index (χ2n) is 5.92. The topological polar surface area (TPSA) is 83.5 Å². The van der Waals surface area contributed by atoms with E-state index in [0.717, 1.165) is 19.3 Å². The molecule has 21 heavy (non-hydrogen) atoms. The van der Waals surface area contributed by atoms with Crippen molar-refractivity contribution in [2.75, 3.05) is 6.54 Å². The quantitative estimate of drug-likeness (QED) is 0.845. The molecule has 6 heteroatoms. The van der Waals surface area contributed by atoms with Gasteiger partial charge in [0.25, 0.3) is 0 Å². The van der Waals surface area contributed by atoms with Gasteiger partial charge < -0.3 is 5.11 Å². The van der Waals surface area contributed by atoms with Gasteiger partial charge in [0.1, 0.15) is 0 Å². The van der Waals surface area contributed by atoms with E-state index in [4.69, 9.17) is 5.11 Å². The first-order valence-corrected chi connectivity index (χ1v) is 8.53. The van der Waals surface area contributed by atoms with Crippen LogP contribution in [0.5, 0.6) is 0 Å². The van der Waals surface area contributed by atoms with Crippen LogP contribution in [0.15, 0.2) is 17.0 Å². The molecular formula is C15H21NO4S. The number of nitrogens with one attached hydrogen (secondary N) is 1. The van der Waals surface area contributed by atoms with E-state index in [2.05, 4.69) is 11.6 Å². The zero-order chi connectivity index (χ0) is 15.8. The third-order valence-corrected chi connectivity index (χ3v) is 5.93. The number of sulfonamides is 1. The molecule has 1 aromatic rings. The van der Waals surface area contributed by atoms with Crippen molar-refractivity contribution >= 4 is 16.0 Å². The maximum atomic E-state index is 12.4. The molecule has 0 saturated heterocycles. The molecule has 2 rings (SSSR count). The first kappa shape index (κ1) is 16.0. The number of rotatable bonds is 6. The van der Waals surface area contributed by atoms with Gasteiger partial charge in [0.2, 0.25) is 10.0 Å². The molecule has 5 nitrogen and oxygen atoms in total. The zero-order valence-corrected chi connectivity index (χ0v) is 13.4. The molecule has 1 fully saturated rings. The molecule has 0 heterocycles. The second-order valence-corrected chi connectivity index (χ2v) is 7.65. The summed E-state index contributed by atoms with van der Waals surface area (Å²) in [5.74, 6) is -1.11. The first-order valence-electron chi connectivity index (χ1n) is 7.05. The zero-order valence-electron chi connectivity index (χ0n) is 12.6. The summed E-state index contributed by atoms with van der Waals surface area (Å²) in [5, 5.41) is 9.14. The summed E-state index contributed by atoms with van der Waals surface area (Å²) >= 11 is 0. The summed E-state index contributed by atoms with van der Waals surface area (Å²) in [6.07, 6.45) is 3.03. The fraction of sp³-hybridized carbons (Fsp3) is 0.533. The predicted molar refractivity (Wildman–Crippen MR) is 80.0 cm³/mol. The van der Waals surface area contributed by atoms with Gasteiger partial charge in [-0.25, -0.2) is 17.9 Å². The largest absolute Gasteiger partial charge is 0.478 e. The van der Waals surface area contributed by atoms with Gasteiger partial charge >= 0.3 is 5.97 Å². The van der Waals surface area contributed by atoms with Crippen molar-refractivity contribution in [2.45, 2.75) is 44.9 Å². The van der Waals surface area contributed by atoms with E-state index in [0.29, 0.717) is 17.7 Å². The molecule has 0 aliphatic heterocycles. The summed E-state index contributed by atoms with van der Waals surface area (Å²) in [4.78, 5) is 11.2. The van der Waals surface area contributed by atoms with Crippen LogP contribution in [-0.2, 0) is 10.0 Å². The molecule has 0 amide bonds. The van der Waals surface area contributed by atoms with Crippen LogP contribution >= 0.6 is 0 Å². The van der Waals surface area contributed by atoms with Crippen molar-refractivity contribution < 1.29 is 18.3 Å². The van der Waals surface area contributed by atoms with Gasteiger partial charge in [-0.1, -0.05) is 13.0 Å². The lowest BCUT2D eigenvalue weighted by Gasteiger charge is -2.16. The Hall–Kier alpha value is -1.40. The lowest BCUT2D eigenvalue weighted by atomic mass is 10.1. The van der Waals surface area contributed by atoms with Crippen molar-refractivity contribution in [3.8, 4) is 0 Å². The van der Waals surface area contributed by atoms with Crippen LogP contribution in [0.2, 0.25) is 0 Å². The van der Waals surface area contributed by atoms with Crippen LogP contribution < -0.4 is 4.72 Å². The minimum Gasteiger partial charge on any atom is -0.478 e. The van der Waals surface area contributed by atoms with Gasteiger partial charge in [-0.15, -0.1) is 0 Å². The van der Waals surface area contributed by atoms with E-state index in [1.807, 2.05) is 0 Å². The Morgan fingerprint density at radius 2 is 1.90 bits per heavy atom. The Morgan fingerprint density at radius 1 is 1.29 bits per heavy atom. The third-order valence-electron chi connectivity index (χ3n) is 4.39. The fourth-order valence-corrected chi connectivity index (χ4v) is 3.92. The molecule has 0 unspecified atom stereocenters. The molecule has 0 bridgehead atoms. The standard InChI is InChI=1S/C15H21NO4S/c1-4-15(5-6-15)9-16-21(19,20)13-8-12(14(17)18)10(2)7-11(13)3/h7-8,16H,4-6,9H2,1-3H3,(H,17,18). The molecule has 1 aliphatic rings. The average molecular weight is 311 g/mol. The number of benzene rings is 1. The Kier molecular flexibility index (Phi) is 4.13. The van der Waals surface area contributed by atoms with Gasteiger partial charge in [-0.2, -0.15) is 0 Å². The highest BCUT2D eigenvalue weighted by Gasteiger charge is 2.41. The highest BCUT2D eigenvalue weighted by Crippen LogP contribution is 2.48. The number of carbonyl (C=O) groups is 1. The molecule has 0 radical (unpaired) electrons. The third kappa shape index (κ3) is 3.27. The molecule has 116 valence electrons. The van der Waals surface area contributed by atoms with E-state index in [1.54, 1.807) is 19.9 Å². The lowest BCUT2D eigenvalue weighted by Crippen LogP contribution is -2.30. The van der Waals surface area contributed by atoms with Crippen molar-refractivity contribution in [1.29, 1.82) is 0 Å². The molecule has 1 saturated carbocycles. The van der Waals surface area contributed by atoms with E-state index >= 15 is 0 Å². The SMILES string of the molecule is CCC1(CNS(=O)(=O)c2cc(C(=O)O)c(C)cc2C)CC1. The smallest absolute Gasteiger partial charge is 0.335 e. The Morgan fingerprint density at radius 3 is 2.38 bits per heavy atom. The number of hydrogen-bond donors (Lipinski definition) is 2. The molecule has 0 aromatic heterocycles. The van der Waals surface area contributed by atoms with E-state index < -0.39 is 16.0 Å². The van der Waals surface area contributed by atoms with Gasteiger partial charge in [-0.3, -0.25) is 0 Å². The number of carboxylic acid groups (broad SMARTS) is 1. The van der Waals surface area contributed by atoms with E-state index in [-0.39, 0.29) is 15.9 Å². The van der Waals surface area contributed by atoms with Crippen LogP contribution in [0.4, 0.5) is 0 Å². The van der Waals surface area contributed by atoms with Crippen molar-refractivity contribution in [3.63, 3.8) is 0 Å². The summed E-state index contributed by atoms with van der Waals surface area (Å²) in [6.45, 7) is 5.82. The number of hydrogen-bond acceptors (Lipinski definition) is 3. The average Bonchev–Trinajstić information content (AvgIpc) is 3.16. The maximum absolute atomic E-state index is 12.4. The van der Waals surface area contributed by atoms with Crippen LogP contribution in [0.3, 0.4) is 0 Å².